The average Bonchev–Trinajstić information content (AvgIpc) is 3.33. The fourth-order valence-corrected chi connectivity index (χ4v) is 3.00. The normalized spacial score (nSPS) is 12.6. The van der Waals surface area contributed by atoms with Gasteiger partial charge in [0, 0.05) is 24.9 Å². The number of para-hydroxylation sites is 1. The van der Waals surface area contributed by atoms with Crippen LogP contribution in [0.5, 0.6) is 0 Å². The van der Waals surface area contributed by atoms with E-state index in [0.29, 0.717) is 6.54 Å². The van der Waals surface area contributed by atoms with Gasteiger partial charge in [0.05, 0.1) is 29.7 Å². The summed E-state index contributed by atoms with van der Waals surface area (Å²) in [5.41, 5.74) is 3.82. The molecule has 0 saturated heterocycles. The van der Waals surface area contributed by atoms with Crippen molar-refractivity contribution in [2.45, 2.75) is 45.7 Å². The van der Waals surface area contributed by atoms with Gasteiger partial charge in [0.25, 0.3) is 0 Å². The number of benzene rings is 1. The Balaban J connectivity index is 1.67. The van der Waals surface area contributed by atoms with Gasteiger partial charge in [-0.1, -0.05) is 39.0 Å². The molecule has 0 aliphatic rings. The number of nitrogens with one attached hydrogen (secondary N) is 2. The zero-order valence-electron chi connectivity index (χ0n) is 17.1. The van der Waals surface area contributed by atoms with Gasteiger partial charge in [0.1, 0.15) is 0 Å². The number of hydrogen-bond acceptors (Lipinski definition) is 3. The van der Waals surface area contributed by atoms with Gasteiger partial charge in [-0.3, -0.25) is 5.10 Å². The van der Waals surface area contributed by atoms with Gasteiger partial charge in [-0.05, 0) is 30.7 Å². The van der Waals surface area contributed by atoms with E-state index in [0.717, 1.165) is 22.6 Å². The summed E-state index contributed by atoms with van der Waals surface area (Å²) >= 11 is 0. The van der Waals surface area contributed by atoms with Gasteiger partial charge in [0.15, 0.2) is 0 Å². The molecular weight excluding hydrogens is 352 g/mol. The lowest BCUT2D eigenvalue weighted by atomic mass is 9.92. The molecule has 7 heteroatoms. The Labute approximate surface area is 165 Å². The second kappa shape index (κ2) is 7.88. The quantitative estimate of drug-likeness (QED) is 0.707. The molecule has 0 saturated carbocycles. The molecule has 0 aliphatic carbocycles. The van der Waals surface area contributed by atoms with E-state index in [9.17, 15) is 4.79 Å². The van der Waals surface area contributed by atoms with E-state index in [2.05, 4.69) is 41.4 Å². The highest BCUT2D eigenvalue weighted by atomic mass is 16.2. The summed E-state index contributed by atoms with van der Waals surface area (Å²) in [6.07, 6.45) is 3.63. The third-order valence-corrected chi connectivity index (χ3v) is 4.65. The summed E-state index contributed by atoms with van der Waals surface area (Å²) in [4.78, 5) is 14.3. The van der Waals surface area contributed by atoms with E-state index < -0.39 is 0 Å². The first kappa shape index (κ1) is 19.7. The van der Waals surface area contributed by atoms with Crippen molar-refractivity contribution in [3.05, 3.63) is 65.7 Å². The molecule has 0 unspecified atom stereocenters. The third-order valence-electron chi connectivity index (χ3n) is 4.65. The van der Waals surface area contributed by atoms with E-state index in [1.165, 1.54) is 0 Å². The third kappa shape index (κ3) is 4.42. The molecule has 2 heterocycles. The first-order valence-electron chi connectivity index (χ1n) is 9.41. The van der Waals surface area contributed by atoms with Gasteiger partial charge in [0.2, 0.25) is 0 Å². The number of aromatic amines is 1. The number of aromatic nitrogens is 4. The van der Waals surface area contributed by atoms with Crippen molar-refractivity contribution < 1.29 is 4.79 Å². The predicted molar refractivity (Wildman–Crippen MR) is 109 cm³/mol. The molecule has 2 amide bonds. The maximum absolute atomic E-state index is 12.7. The molecule has 0 radical (unpaired) electrons. The number of carbonyl (C=O) groups excluding carboxylic acids is 1. The summed E-state index contributed by atoms with van der Waals surface area (Å²) in [6, 6.07) is 11.5. The first-order valence-corrected chi connectivity index (χ1v) is 9.41. The molecule has 0 fully saturated rings. The van der Waals surface area contributed by atoms with Gasteiger partial charge in [-0.15, -0.1) is 0 Å². The van der Waals surface area contributed by atoms with Crippen molar-refractivity contribution in [3.8, 4) is 5.69 Å². The molecular formula is C21H28N6O. The molecule has 3 rings (SSSR count). The second-order valence-electron chi connectivity index (χ2n) is 8.07. The molecule has 0 bridgehead atoms. The van der Waals surface area contributed by atoms with Crippen LogP contribution in [-0.4, -0.2) is 38.0 Å². The Morgan fingerprint density at radius 2 is 2.04 bits per heavy atom. The van der Waals surface area contributed by atoms with Crippen molar-refractivity contribution in [1.29, 1.82) is 0 Å². The van der Waals surface area contributed by atoms with Crippen LogP contribution in [0.2, 0.25) is 0 Å². The molecule has 0 spiro atoms. The molecule has 7 nitrogen and oxygen atoms in total. The SMILES string of the molecule is C[C@H](NC(=O)N(C)Cc1cc(C(C)(C)C)n[nH]1)c1ccccc1-n1cccn1. The van der Waals surface area contributed by atoms with Crippen LogP contribution in [-0.2, 0) is 12.0 Å². The fraction of sp³-hybridized carbons (Fsp3) is 0.381. The lowest BCUT2D eigenvalue weighted by molar-refractivity contribution is 0.203. The van der Waals surface area contributed by atoms with Gasteiger partial charge >= 0.3 is 6.03 Å². The summed E-state index contributed by atoms with van der Waals surface area (Å²) in [7, 11) is 1.78. The van der Waals surface area contributed by atoms with Crippen LogP contribution in [0, 0.1) is 0 Å². The van der Waals surface area contributed by atoms with E-state index in [1.807, 2.05) is 49.5 Å². The van der Waals surface area contributed by atoms with Crippen LogP contribution in [0.4, 0.5) is 4.79 Å². The number of nitrogens with zero attached hydrogens (tertiary/aromatic N) is 4. The number of amides is 2. The summed E-state index contributed by atoms with van der Waals surface area (Å²) in [5, 5.41) is 14.8. The van der Waals surface area contributed by atoms with Crippen LogP contribution < -0.4 is 5.32 Å². The second-order valence-corrected chi connectivity index (χ2v) is 8.07. The van der Waals surface area contributed by atoms with Crippen LogP contribution in [0.15, 0.2) is 48.8 Å². The molecule has 3 aromatic rings. The maximum atomic E-state index is 12.7. The smallest absolute Gasteiger partial charge is 0.317 e. The van der Waals surface area contributed by atoms with E-state index >= 15 is 0 Å². The Hall–Kier alpha value is -3.09. The first-order chi connectivity index (χ1) is 13.3. The highest BCUT2D eigenvalue weighted by Crippen LogP contribution is 2.22. The van der Waals surface area contributed by atoms with Crippen molar-refractivity contribution in [2.75, 3.05) is 7.05 Å². The number of carbonyl (C=O) groups is 1. The Kier molecular flexibility index (Phi) is 5.53. The van der Waals surface area contributed by atoms with Crippen LogP contribution in [0.1, 0.15) is 50.7 Å². The molecule has 2 N–H and O–H groups in total. The molecule has 2 aromatic heterocycles. The highest BCUT2D eigenvalue weighted by Gasteiger charge is 2.20. The van der Waals surface area contributed by atoms with Crippen molar-refractivity contribution in [3.63, 3.8) is 0 Å². The van der Waals surface area contributed by atoms with Crippen LogP contribution >= 0.6 is 0 Å². The summed E-state index contributed by atoms with van der Waals surface area (Å²) in [5.74, 6) is 0. The number of rotatable bonds is 5. The minimum absolute atomic E-state index is 0.0275. The number of hydrogen-bond donors (Lipinski definition) is 2. The maximum Gasteiger partial charge on any atom is 0.317 e. The zero-order chi connectivity index (χ0) is 20.3. The van der Waals surface area contributed by atoms with Gasteiger partial charge < -0.3 is 10.2 Å². The Bertz CT molecular complexity index is 923. The molecule has 1 aromatic carbocycles. The molecule has 28 heavy (non-hydrogen) atoms. The van der Waals surface area contributed by atoms with Crippen molar-refractivity contribution >= 4 is 6.03 Å². The number of urea groups is 1. The lowest BCUT2D eigenvalue weighted by Crippen LogP contribution is -2.38. The highest BCUT2D eigenvalue weighted by molar-refractivity contribution is 5.74. The molecule has 148 valence electrons. The van der Waals surface area contributed by atoms with E-state index in [1.54, 1.807) is 22.8 Å². The lowest BCUT2D eigenvalue weighted by Gasteiger charge is -2.22. The van der Waals surface area contributed by atoms with Gasteiger partial charge in [-0.25, -0.2) is 9.48 Å². The fourth-order valence-electron chi connectivity index (χ4n) is 3.00. The summed E-state index contributed by atoms with van der Waals surface area (Å²) < 4.78 is 1.81. The minimum atomic E-state index is -0.165. The van der Waals surface area contributed by atoms with Crippen molar-refractivity contribution in [1.82, 2.24) is 30.2 Å². The van der Waals surface area contributed by atoms with Crippen LogP contribution in [0.3, 0.4) is 0 Å². The number of H-pyrrole nitrogens is 1. The average molecular weight is 380 g/mol. The molecule has 1 atom stereocenters. The zero-order valence-corrected chi connectivity index (χ0v) is 17.1. The van der Waals surface area contributed by atoms with E-state index in [-0.39, 0.29) is 17.5 Å². The summed E-state index contributed by atoms with van der Waals surface area (Å²) in [6.45, 7) is 8.77. The largest absolute Gasteiger partial charge is 0.331 e. The van der Waals surface area contributed by atoms with E-state index in [4.69, 9.17) is 0 Å². The van der Waals surface area contributed by atoms with Crippen molar-refractivity contribution in [2.24, 2.45) is 0 Å². The van der Waals surface area contributed by atoms with Gasteiger partial charge in [-0.2, -0.15) is 10.2 Å². The standard InChI is InChI=1S/C21H28N6O/c1-15(17-9-6-7-10-18(17)27-12-8-11-22-27)23-20(28)26(5)14-16-13-19(25-24-16)21(2,3)4/h6-13,15H,14H2,1-5H3,(H,23,28)(H,24,25)/t15-/m0/s1. The molecule has 0 aliphatic heterocycles. The predicted octanol–water partition coefficient (Wildman–Crippen LogP) is 3.80. The Morgan fingerprint density at radius 3 is 2.68 bits per heavy atom. The minimum Gasteiger partial charge on any atom is -0.331 e. The van der Waals surface area contributed by atoms with Crippen LogP contribution in [0.25, 0.3) is 5.69 Å². The topological polar surface area (TPSA) is 78.8 Å². The monoisotopic (exact) mass is 380 g/mol. The Morgan fingerprint density at radius 1 is 1.29 bits per heavy atom.